The van der Waals surface area contributed by atoms with Gasteiger partial charge in [0.1, 0.15) is 11.8 Å². The van der Waals surface area contributed by atoms with Gasteiger partial charge in [0.2, 0.25) is 15.9 Å². The van der Waals surface area contributed by atoms with Crippen molar-refractivity contribution in [1.82, 2.24) is 5.32 Å². The van der Waals surface area contributed by atoms with Crippen LogP contribution in [0.25, 0.3) is 0 Å². The highest BCUT2D eigenvalue weighted by Crippen LogP contribution is 2.24. The zero-order valence-corrected chi connectivity index (χ0v) is 18.1. The van der Waals surface area contributed by atoms with Crippen LogP contribution in [0.15, 0.2) is 42.5 Å². The van der Waals surface area contributed by atoms with Gasteiger partial charge in [0.15, 0.2) is 0 Å². The lowest BCUT2D eigenvalue weighted by molar-refractivity contribution is -0.122. The topological polar surface area (TPSA) is 75.7 Å². The second-order valence-electron chi connectivity index (χ2n) is 6.12. The maximum absolute atomic E-state index is 12.6. The Morgan fingerprint density at radius 2 is 1.82 bits per heavy atom. The Morgan fingerprint density at radius 1 is 1.18 bits per heavy atom. The zero-order chi connectivity index (χ0) is 20.9. The predicted octanol–water partition coefficient (Wildman–Crippen LogP) is 3.86. The molecular weight excluding hydrogens is 423 g/mol. The number of nitrogens with one attached hydrogen (secondary N) is 1. The highest BCUT2D eigenvalue weighted by atomic mass is 35.5. The number of amides is 1. The Labute approximate surface area is 175 Å². The summed E-state index contributed by atoms with van der Waals surface area (Å²) in [6, 6.07) is 10.5. The van der Waals surface area contributed by atoms with E-state index in [0.29, 0.717) is 33.7 Å². The minimum Gasteiger partial charge on any atom is -0.494 e. The van der Waals surface area contributed by atoms with Gasteiger partial charge in [0, 0.05) is 16.6 Å². The molecular formula is C19H22Cl2N2O4S. The lowest BCUT2D eigenvalue weighted by atomic mass is 10.2. The molecule has 1 N–H and O–H groups in total. The molecule has 0 radical (unpaired) electrons. The molecule has 0 aliphatic heterocycles. The normalized spacial score (nSPS) is 12.3. The first kappa shape index (κ1) is 22.3. The number of halogens is 2. The highest BCUT2D eigenvalue weighted by Gasteiger charge is 2.29. The van der Waals surface area contributed by atoms with Crippen LogP contribution in [0, 0.1) is 0 Å². The maximum Gasteiger partial charge on any atom is 0.243 e. The number of benzene rings is 2. The van der Waals surface area contributed by atoms with Crippen LogP contribution in [0.5, 0.6) is 5.75 Å². The van der Waals surface area contributed by atoms with Crippen molar-refractivity contribution in [2.45, 2.75) is 26.4 Å². The number of anilines is 1. The van der Waals surface area contributed by atoms with Gasteiger partial charge in [0.25, 0.3) is 0 Å². The van der Waals surface area contributed by atoms with Crippen LogP contribution in [0.3, 0.4) is 0 Å². The van der Waals surface area contributed by atoms with Crippen molar-refractivity contribution in [3.63, 3.8) is 0 Å². The van der Waals surface area contributed by atoms with E-state index in [9.17, 15) is 13.2 Å². The molecule has 0 aliphatic carbocycles. The van der Waals surface area contributed by atoms with Crippen molar-refractivity contribution in [2.24, 2.45) is 0 Å². The van der Waals surface area contributed by atoms with Crippen molar-refractivity contribution in [2.75, 3.05) is 17.2 Å². The van der Waals surface area contributed by atoms with Crippen LogP contribution >= 0.6 is 23.2 Å². The van der Waals surface area contributed by atoms with Gasteiger partial charge in [0.05, 0.1) is 18.6 Å². The highest BCUT2D eigenvalue weighted by molar-refractivity contribution is 7.92. The van der Waals surface area contributed by atoms with Gasteiger partial charge in [-0.05, 0) is 55.8 Å². The molecule has 0 bridgehead atoms. The quantitative estimate of drug-likeness (QED) is 0.670. The smallest absolute Gasteiger partial charge is 0.243 e. The van der Waals surface area contributed by atoms with Crippen LogP contribution in [0.1, 0.15) is 19.4 Å². The van der Waals surface area contributed by atoms with Crippen LogP contribution < -0.4 is 14.4 Å². The van der Waals surface area contributed by atoms with Crippen molar-refractivity contribution in [3.05, 3.63) is 58.1 Å². The largest absolute Gasteiger partial charge is 0.494 e. The minimum atomic E-state index is -3.70. The van der Waals surface area contributed by atoms with E-state index >= 15 is 0 Å². The van der Waals surface area contributed by atoms with Gasteiger partial charge in [-0.25, -0.2) is 8.42 Å². The average molecular weight is 445 g/mol. The third-order valence-corrected chi connectivity index (χ3v) is 5.79. The molecule has 0 aliphatic rings. The fourth-order valence-electron chi connectivity index (χ4n) is 2.66. The first-order valence-corrected chi connectivity index (χ1v) is 11.2. The Balaban J connectivity index is 2.17. The lowest BCUT2D eigenvalue weighted by Crippen LogP contribution is -2.47. The number of hydrogen-bond acceptors (Lipinski definition) is 4. The van der Waals surface area contributed by atoms with Crippen LogP contribution in [-0.2, 0) is 21.4 Å². The van der Waals surface area contributed by atoms with Gasteiger partial charge in [-0.1, -0.05) is 29.3 Å². The molecule has 0 unspecified atom stereocenters. The summed E-state index contributed by atoms with van der Waals surface area (Å²) in [5.41, 5.74) is 1.05. The van der Waals surface area contributed by atoms with E-state index in [1.54, 1.807) is 42.5 Å². The van der Waals surface area contributed by atoms with Crippen LogP contribution in [-0.4, -0.2) is 33.2 Å². The van der Waals surface area contributed by atoms with Gasteiger partial charge in [-0.2, -0.15) is 0 Å². The molecule has 28 heavy (non-hydrogen) atoms. The molecule has 152 valence electrons. The number of hydrogen-bond donors (Lipinski definition) is 1. The summed E-state index contributed by atoms with van der Waals surface area (Å²) in [6.45, 7) is 4.04. The summed E-state index contributed by atoms with van der Waals surface area (Å²) >= 11 is 12.0. The number of rotatable bonds is 8. The summed E-state index contributed by atoms with van der Waals surface area (Å²) in [7, 11) is -3.70. The van der Waals surface area contributed by atoms with E-state index in [-0.39, 0.29) is 6.54 Å². The van der Waals surface area contributed by atoms with Crippen LogP contribution in [0.2, 0.25) is 10.0 Å². The van der Waals surface area contributed by atoms with E-state index in [4.69, 9.17) is 27.9 Å². The summed E-state index contributed by atoms with van der Waals surface area (Å²) in [4.78, 5) is 12.6. The maximum atomic E-state index is 12.6. The van der Waals surface area contributed by atoms with E-state index in [1.165, 1.54) is 6.92 Å². The number of nitrogens with zero attached hydrogens (tertiary/aromatic N) is 1. The Kier molecular flexibility index (Phi) is 7.57. The van der Waals surface area contributed by atoms with Crippen molar-refractivity contribution in [3.8, 4) is 5.75 Å². The second kappa shape index (κ2) is 9.49. The predicted molar refractivity (Wildman–Crippen MR) is 113 cm³/mol. The monoisotopic (exact) mass is 444 g/mol. The molecule has 2 rings (SSSR count). The Bertz CT molecular complexity index is 933. The molecule has 1 atom stereocenters. The molecule has 2 aromatic carbocycles. The molecule has 0 spiro atoms. The Hall–Kier alpha value is -1.96. The first-order valence-electron chi connectivity index (χ1n) is 8.57. The van der Waals surface area contributed by atoms with E-state index in [1.807, 2.05) is 6.92 Å². The fraction of sp³-hybridized carbons (Fsp3) is 0.316. The van der Waals surface area contributed by atoms with Crippen LogP contribution in [0.4, 0.5) is 5.69 Å². The second-order valence-corrected chi connectivity index (χ2v) is 8.82. The standard InChI is InChI=1S/C19H22Cl2N2O4S/c1-4-27-17-9-7-16(8-10-17)23(28(3,25)26)13(2)19(24)22-12-14-5-6-15(20)11-18(14)21/h5-11,13H,4,12H2,1-3H3,(H,22,24)/t13-/m0/s1. The number of carbonyl (C=O) groups is 1. The molecule has 1 amide bonds. The summed E-state index contributed by atoms with van der Waals surface area (Å²) in [5.74, 6) is 0.166. The van der Waals surface area contributed by atoms with Crippen molar-refractivity contribution >= 4 is 44.8 Å². The third kappa shape index (κ3) is 5.77. The average Bonchev–Trinajstić information content (AvgIpc) is 2.61. The van der Waals surface area contributed by atoms with Gasteiger partial charge in [-0.15, -0.1) is 0 Å². The zero-order valence-electron chi connectivity index (χ0n) is 15.8. The molecule has 2 aromatic rings. The Morgan fingerprint density at radius 3 is 2.36 bits per heavy atom. The summed E-state index contributed by atoms with van der Waals surface area (Å²) in [6.07, 6.45) is 1.06. The lowest BCUT2D eigenvalue weighted by Gasteiger charge is -2.28. The van der Waals surface area contributed by atoms with Gasteiger partial charge < -0.3 is 10.1 Å². The molecule has 0 fully saturated rings. The molecule has 0 saturated carbocycles. The number of carbonyl (C=O) groups excluding carboxylic acids is 1. The fourth-order valence-corrected chi connectivity index (χ4v) is 4.31. The summed E-state index contributed by atoms with van der Waals surface area (Å²) in [5, 5.41) is 3.63. The molecule has 0 aromatic heterocycles. The van der Waals surface area contributed by atoms with Crippen molar-refractivity contribution < 1.29 is 17.9 Å². The van der Waals surface area contributed by atoms with E-state index in [2.05, 4.69) is 5.32 Å². The number of ether oxygens (including phenoxy) is 1. The SMILES string of the molecule is CCOc1ccc(N([C@@H](C)C(=O)NCc2ccc(Cl)cc2Cl)S(C)(=O)=O)cc1. The molecule has 6 nitrogen and oxygen atoms in total. The third-order valence-electron chi connectivity index (χ3n) is 3.96. The molecule has 0 saturated heterocycles. The first-order chi connectivity index (χ1) is 13.1. The van der Waals surface area contributed by atoms with Gasteiger partial charge >= 0.3 is 0 Å². The van der Waals surface area contributed by atoms with Gasteiger partial charge in [-0.3, -0.25) is 9.10 Å². The van der Waals surface area contributed by atoms with E-state index < -0.39 is 22.0 Å². The number of sulfonamides is 1. The molecule has 9 heteroatoms. The molecule has 0 heterocycles. The minimum absolute atomic E-state index is 0.153. The van der Waals surface area contributed by atoms with Crippen molar-refractivity contribution in [1.29, 1.82) is 0 Å². The van der Waals surface area contributed by atoms with E-state index in [0.717, 1.165) is 10.6 Å². The summed E-state index contributed by atoms with van der Waals surface area (Å²) < 4.78 is 31.1.